The number of fused-ring (bicyclic) bond motifs is 6. The van der Waals surface area contributed by atoms with Crippen molar-refractivity contribution >= 4 is 68.8 Å². The second-order valence-electron chi connectivity index (χ2n) is 21.1. The Hall–Kier alpha value is -7.89. The van der Waals surface area contributed by atoms with E-state index in [0.29, 0.717) is 72.2 Å². The van der Waals surface area contributed by atoms with Crippen molar-refractivity contribution in [2.45, 2.75) is 113 Å². The highest BCUT2D eigenvalue weighted by Crippen LogP contribution is 2.45. The smallest absolute Gasteiger partial charge is 0.407 e. The Balaban J connectivity index is 0.657. The molecule has 2 aromatic heterocycles. The largest absolute Gasteiger partial charge is 0.461 e. The van der Waals surface area contributed by atoms with Gasteiger partial charge in [-0.05, 0) is 81.0 Å². The number of ether oxygens (including phenoxy) is 2. The Kier molecular flexibility index (Phi) is 14.1. The Morgan fingerprint density at radius 3 is 2.52 bits per heavy atom. The Bertz CT molecular complexity index is 3320. The fourth-order valence-corrected chi connectivity index (χ4v) is 12.3. The lowest BCUT2D eigenvalue weighted by Gasteiger charge is -2.35. The van der Waals surface area contributed by atoms with E-state index < -0.39 is 52.9 Å². The van der Waals surface area contributed by atoms with Crippen LogP contribution in [0.1, 0.15) is 110 Å². The van der Waals surface area contributed by atoms with Gasteiger partial charge in [0.05, 0.1) is 27.6 Å². The van der Waals surface area contributed by atoms with Crippen molar-refractivity contribution in [3.05, 3.63) is 95.2 Å². The van der Waals surface area contributed by atoms with E-state index in [2.05, 4.69) is 48.6 Å². The molecule has 3 unspecified atom stereocenters. The fourth-order valence-electron chi connectivity index (χ4n) is 12.3. The SMILES string of the molecule is C#Cc1c(F)ccc2cccc(-c3ncc4c(N5CC6CCC(C5)N6)nc(OC[C@@]56CC[C@@H](COC(=O)NCCCCCCCC(=O)Nc7ccc8c(c7)C(=O)N(C7CCC(=O)NC7=O)C8=O)N5CC(=C)C6)nc4c3F)c12. The van der Waals surface area contributed by atoms with Crippen LogP contribution in [-0.2, 0) is 19.1 Å². The van der Waals surface area contributed by atoms with Gasteiger partial charge in [-0.25, -0.2) is 13.6 Å². The number of alkyl carbamates (subject to hydrolysis) is 1. The van der Waals surface area contributed by atoms with Gasteiger partial charge in [0, 0.05) is 80.0 Å². The zero-order chi connectivity index (χ0) is 53.5. The van der Waals surface area contributed by atoms with Crippen LogP contribution in [0.5, 0.6) is 6.01 Å². The first-order valence-electron chi connectivity index (χ1n) is 26.4. The van der Waals surface area contributed by atoms with Crippen molar-refractivity contribution in [1.82, 2.24) is 40.7 Å². The zero-order valence-electron chi connectivity index (χ0n) is 42.4. The van der Waals surface area contributed by atoms with Crippen molar-refractivity contribution in [2.24, 2.45) is 0 Å². The minimum Gasteiger partial charge on any atom is -0.461 e. The maximum Gasteiger partial charge on any atom is 0.407 e. The summed E-state index contributed by atoms with van der Waals surface area (Å²) in [7, 11) is 0. The molecular weight excluding hydrogens is 991 g/mol. The molecule has 5 fully saturated rings. The van der Waals surface area contributed by atoms with Gasteiger partial charge in [-0.15, -0.1) is 6.42 Å². The minimum atomic E-state index is -1.07. The molecule has 2 bridgehead atoms. The van der Waals surface area contributed by atoms with Gasteiger partial charge >= 0.3 is 12.1 Å². The second-order valence-corrected chi connectivity index (χ2v) is 21.1. The van der Waals surface area contributed by atoms with E-state index in [-0.39, 0.29) is 90.4 Å². The third kappa shape index (κ3) is 10.0. The van der Waals surface area contributed by atoms with Gasteiger partial charge in [0.2, 0.25) is 17.7 Å². The summed E-state index contributed by atoms with van der Waals surface area (Å²) < 4.78 is 44.5. The number of pyridine rings is 1. The highest BCUT2D eigenvalue weighted by molar-refractivity contribution is 6.24. The number of hydrogen-bond acceptors (Lipinski definition) is 14. The number of halogens is 2. The quantitative estimate of drug-likeness (QED) is 0.0330. The third-order valence-electron chi connectivity index (χ3n) is 16.0. The highest BCUT2D eigenvalue weighted by atomic mass is 19.1. The maximum atomic E-state index is 17.2. The number of carbonyl (C=O) groups is 6. The van der Waals surface area contributed by atoms with Crippen LogP contribution in [0, 0.1) is 24.0 Å². The number of nitrogens with zero attached hydrogens (tertiary/aromatic N) is 6. The number of amides is 6. The first-order valence-corrected chi connectivity index (χ1v) is 26.4. The summed E-state index contributed by atoms with van der Waals surface area (Å²) in [4.78, 5) is 95.4. The average Bonchev–Trinajstić information content (AvgIpc) is 4.19. The monoisotopic (exact) mass is 1050 g/mol. The molecule has 0 spiro atoms. The van der Waals surface area contributed by atoms with Gasteiger partial charge in [0.1, 0.15) is 42.1 Å². The van der Waals surface area contributed by atoms with Crippen LogP contribution in [0.25, 0.3) is 32.9 Å². The van der Waals surface area contributed by atoms with Crippen LogP contribution in [0.15, 0.2) is 66.9 Å². The summed E-state index contributed by atoms with van der Waals surface area (Å²) in [6.45, 7) is 7.06. The van der Waals surface area contributed by atoms with Gasteiger partial charge in [-0.3, -0.25) is 44.1 Å². The fraction of sp³-hybridized carbons (Fsp3) is 0.421. The number of carbonyl (C=O) groups excluding carboxylic acids is 6. The number of benzene rings is 3. The molecule has 18 nitrogen and oxygen atoms in total. The number of piperazine rings is 1. The Labute approximate surface area is 442 Å². The standard InChI is InChI=1S/C57H58F2N10O8/c1-3-38-43(58)18-13-33-10-9-11-40(47(33)38)49-48(59)50-42(26-61-49)51(67-28-35-14-15-36(29-67)62-35)66-55(65-50)77-31-57-22-21-37(68(57)27-32(2)25-57)30-76-56(75)60-23-8-6-4-5-7-12-45(70)63-34-16-17-39-41(24-34)54(74)69(53(39)73)44-19-20-46(71)64-52(44)72/h1,9-11,13,16-18,24,26,35-37,44,62H,2,4-8,12,14-15,19-23,25,27-31H2,(H,60,75)(H,63,70)(H,64,71,72)/t35?,36?,37-,44?,57-/m0/s1. The summed E-state index contributed by atoms with van der Waals surface area (Å²) in [5.74, 6) is -0.952. The van der Waals surface area contributed by atoms with Crippen LogP contribution in [-0.4, -0.2) is 129 Å². The molecule has 11 rings (SSSR count). The summed E-state index contributed by atoms with van der Waals surface area (Å²) in [6.07, 6.45) is 15.2. The summed E-state index contributed by atoms with van der Waals surface area (Å²) >= 11 is 0. The number of aromatic nitrogens is 3. The van der Waals surface area contributed by atoms with Crippen molar-refractivity contribution < 1.29 is 47.0 Å². The van der Waals surface area contributed by atoms with Crippen molar-refractivity contribution in [3.8, 4) is 29.6 Å². The number of imide groups is 2. The van der Waals surface area contributed by atoms with Crippen molar-refractivity contribution in [2.75, 3.05) is 49.6 Å². The molecule has 77 heavy (non-hydrogen) atoms. The topological polar surface area (TPSA) is 217 Å². The normalized spacial score (nSPS) is 22.8. The van der Waals surface area contributed by atoms with E-state index in [9.17, 15) is 28.8 Å². The lowest BCUT2D eigenvalue weighted by atomic mass is 9.94. The minimum absolute atomic E-state index is 0.0157. The van der Waals surface area contributed by atoms with E-state index in [1.165, 1.54) is 18.2 Å². The number of piperidine rings is 1. The van der Waals surface area contributed by atoms with E-state index in [1.807, 2.05) is 0 Å². The maximum absolute atomic E-state index is 17.2. The predicted octanol–water partition coefficient (Wildman–Crippen LogP) is 6.69. The molecule has 0 aliphatic carbocycles. The van der Waals surface area contributed by atoms with Crippen LogP contribution in [0.2, 0.25) is 0 Å². The van der Waals surface area contributed by atoms with E-state index in [1.54, 1.807) is 36.5 Å². The molecule has 0 saturated carbocycles. The number of unbranched alkanes of at least 4 members (excludes halogenated alkanes) is 4. The van der Waals surface area contributed by atoms with Gasteiger partial charge in [0.15, 0.2) is 5.82 Å². The highest BCUT2D eigenvalue weighted by Gasteiger charge is 2.52. The summed E-state index contributed by atoms with van der Waals surface area (Å²) in [5, 5.41) is 12.9. The zero-order valence-corrected chi connectivity index (χ0v) is 42.4. The molecule has 20 heteroatoms. The molecule has 6 amide bonds. The van der Waals surface area contributed by atoms with Crippen LogP contribution < -0.4 is 30.9 Å². The lowest BCUT2D eigenvalue weighted by Crippen LogP contribution is -2.54. The first-order chi connectivity index (χ1) is 37.3. The number of nitrogens with one attached hydrogen (secondary N) is 4. The summed E-state index contributed by atoms with van der Waals surface area (Å²) in [6, 6.07) is 12.0. The van der Waals surface area contributed by atoms with Gasteiger partial charge in [-0.1, -0.05) is 61.6 Å². The lowest BCUT2D eigenvalue weighted by molar-refractivity contribution is -0.136. The average molecular weight is 1050 g/mol. The molecule has 4 N–H and O–H groups in total. The van der Waals surface area contributed by atoms with Gasteiger partial charge < -0.3 is 30.3 Å². The van der Waals surface area contributed by atoms with E-state index in [4.69, 9.17) is 25.9 Å². The molecule has 6 aliphatic rings. The van der Waals surface area contributed by atoms with Gasteiger partial charge in [-0.2, -0.15) is 9.97 Å². The van der Waals surface area contributed by atoms with Gasteiger partial charge in [0.25, 0.3) is 11.8 Å². The Morgan fingerprint density at radius 2 is 1.71 bits per heavy atom. The molecule has 398 valence electrons. The molecule has 6 aliphatic heterocycles. The molecule has 5 saturated heterocycles. The third-order valence-corrected chi connectivity index (χ3v) is 16.0. The van der Waals surface area contributed by atoms with Crippen molar-refractivity contribution in [3.63, 3.8) is 0 Å². The predicted molar refractivity (Wildman–Crippen MR) is 281 cm³/mol. The Morgan fingerprint density at radius 1 is 0.922 bits per heavy atom. The van der Waals surface area contributed by atoms with Crippen LogP contribution in [0.4, 0.5) is 25.1 Å². The van der Waals surface area contributed by atoms with Crippen molar-refractivity contribution in [1.29, 1.82) is 0 Å². The molecule has 5 atom stereocenters. The second kappa shape index (κ2) is 21.3. The summed E-state index contributed by atoms with van der Waals surface area (Å²) in [5.41, 5.74) is 1.52. The number of rotatable bonds is 17. The number of hydrogen-bond donors (Lipinski definition) is 4. The van der Waals surface area contributed by atoms with E-state index in [0.717, 1.165) is 61.8 Å². The molecule has 8 heterocycles. The molecule has 0 radical (unpaired) electrons. The number of anilines is 2. The molecule has 5 aromatic rings. The molecular formula is C57H58F2N10O8. The molecule has 3 aromatic carbocycles. The van der Waals surface area contributed by atoms with Crippen LogP contribution in [0.3, 0.4) is 0 Å². The van der Waals surface area contributed by atoms with Crippen LogP contribution >= 0.6 is 0 Å². The van der Waals surface area contributed by atoms with E-state index >= 15 is 8.78 Å². The first kappa shape index (κ1) is 51.2. The number of terminal acetylenes is 1.